The molecule has 0 aromatic rings. The minimum Gasteiger partial charge on any atom is -0.474 e. The summed E-state index contributed by atoms with van der Waals surface area (Å²) in [5.74, 6) is 0. The maximum atomic E-state index is 8.58. The Morgan fingerprint density at radius 2 is 1.64 bits per heavy atom. The van der Waals surface area contributed by atoms with Crippen LogP contribution in [0.3, 0.4) is 0 Å². The SMILES string of the molecule is C=COC=C.CC(C)(O)CO. The van der Waals surface area contributed by atoms with Gasteiger partial charge >= 0.3 is 0 Å². The molecule has 0 fully saturated rings. The highest BCUT2D eigenvalue weighted by atomic mass is 16.5. The lowest BCUT2D eigenvalue weighted by atomic mass is 10.2. The first-order chi connectivity index (χ1) is 4.97. The Bertz CT molecular complexity index is 96.4. The summed E-state index contributed by atoms with van der Waals surface area (Å²) in [6, 6.07) is 0. The monoisotopic (exact) mass is 160 g/mol. The summed E-state index contributed by atoms with van der Waals surface area (Å²) >= 11 is 0. The van der Waals surface area contributed by atoms with Crippen LogP contribution in [0.1, 0.15) is 13.8 Å². The third kappa shape index (κ3) is 27.0. The lowest BCUT2D eigenvalue weighted by Crippen LogP contribution is -2.23. The molecule has 0 bridgehead atoms. The van der Waals surface area contributed by atoms with Crippen LogP contribution in [0.2, 0.25) is 0 Å². The zero-order valence-electron chi connectivity index (χ0n) is 7.08. The highest BCUT2D eigenvalue weighted by molar-refractivity contribution is 4.59. The second kappa shape index (κ2) is 7.31. The van der Waals surface area contributed by atoms with Crippen LogP contribution in [0.5, 0.6) is 0 Å². The fourth-order valence-electron chi connectivity index (χ4n) is 0.0680. The largest absolute Gasteiger partial charge is 0.474 e. The minimum absolute atomic E-state index is 0.174. The van der Waals surface area contributed by atoms with Crippen LogP contribution in [-0.4, -0.2) is 22.4 Å². The van der Waals surface area contributed by atoms with Gasteiger partial charge in [0.2, 0.25) is 0 Å². The van der Waals surface area contributed by atoms with Gasteiger partial charge in [0.1, 0.15) is 0 Å². The van der Waals surface area contributed by atoms with Crippen molar-refractivity contribution in [3.63, 3.8) is 0 Å². The molecule has 0 aliphatic carbocycles. The van der Waals surface area contributed by atoms with Gasteiger partial charge in [-0.1, -0.05) is 13.2 Å². The van der Waals surface area contributed by atoms with E-state index in [4.69, 9.17) is 10.2 Å². The molecule has 0 aliphatic heterocycles. The van der Waals surface area contributed by atoms with Crippen molar-refractivity contribution in [1.82, 2.24) is 0 Å². The molecule has 0 aromatic carbocycles. The molecule has 0 saturated carbocycles. The maximum Gasteiger partial charge on any atom is 0.0829 e. The highest BCUT2D eigenvalue weighted by Crippen LogP contribution is 1.95. The molecule has 0 radical (unpaired) electrons. The molecule has 3 nitrogen and oxygen atoms in total. The Morgan fingerprint density at radius 3 is 1.64 bits per heavy atom. The van der Waals surface area contributed by atoms with Crippen LogP contribution >= 0.6 is 0 Å². The number of ether oxygens (including phenoxy) is 1. The van der Waals surface area contributed by atoms with Crippen molar-refractivity contribution in [2.45, 2.75) is 19.4 Å². The molecule has 0 unspecified atom stereocenters. The highest BCUT2D eigenvalue weighted by Gasteiger charge is 2.07. The topological polar surface area (TPSA) is 49.7 Å². The van der Waals surface area contributed by atoms with Crippen molar-refractivity contribution >= 4 is 0 Å². The quantitative estimate of drug-likeness (QED) is 0.606. The van der Waals surface area contributed by atoms with Crippen LogP contribution in [0.15, 0.2) is 25.7 Å². The van der Waals surface area contributed by atoms with Crippen molar-refractivity contribution in [2.24, 2.45) is 0 Å². The normalized spacial score (nSPS) is 9.09. The Balaban J connectivity index is 0. The Kier molecular flexibility index (Phi) is 8.53. The minimum atomic E-state index is -0.903. The van der Waals surface area contributed by atoms with E-state index >= 15 is 0 Å². The predicted octanol–water partition coefficient (Wildman–Crippen LogP) is 1.04. The number of aliphatic hydroxyl groups is 2. The molecular formula is C8H16O3. The molecule has 0 aromatic heterocycles. The fraction of sp³-hybridized carbons (Fsp3) is 0.500. The zero-order valence-corrected chi connectivity index (χ0v) is 7.08. The molecule has 0 aliphatic rings. The predicted molar refractivity (Wildman–Crippen MR) is 44.9 cm³/mol. The van der Waals surface area contributed by atoms with E-state index in [1.165, 1.54) is 12.5 Å². The number of aliphatic hydroxyl groups excluding tert-OH is 1. The summed E-state index contributed by atoms with van der Waals surface area (Å²) in [5.41, 5.74) is -0.903. The first-order valence-electron chi connectivity index (χ1n) is 3.18. The van der Waals surface area contributed by atoms with Gasteiger partial charge in [0.05, 0.1) is 24.7 Å². The summed E-state index contributed by atoms with van der Waals surface area (Å²) in [7, 11) is 0. The van der Waals surface area contributed by atoms with E-state index in [0.29, 0.717) is 0 Å². The van der Waals surface area contributed by atoms with Crippen molar-refractivity contribution < 1.29 is 14.9 Å². The molecule has 0 amide bonds. The Morgan fingerprint density at radius 1 is 1.36 bits per heavy atom. The second-order valence-corrected chi connectivity index (χ2v) is 2.44. The number of hydrogen-bond acceptors (Lipinski definition) is 3. The smallest absolute Gasteiger partial charge is 0.0829 e. The molecule has 0 heterocycles. The molecule has 0 atom stereocenters. The van der Waals surface area contributed by atoms with Crippen LogP contribution < -0.4 is 0 Å². The molecule has 3 heteroatoms. The van der Waals surface area contributed by atoms with Crippen LogP contribution in [0.25, 0.3) is 0 Å². The first-order valence-corrected chi connectivity index (χ1v) is 3.18. The Hall–Kier alpha value is -0.800. The van der Waals surface area contributed by atoms with Gasteiger partial charge in [0.15, 0.2) is 0 Å². The van der Waals surface area contributed by atoms with E-state index in [1.807, 2.05) is 0 Å². The summed E-state index contributed by atoms with van der Waals surface area (Å²) < 4.78 is 4.36. The van der Waals surface area contributed by atoms with E-state index in [-0.39, 0.29) is 6.61 Å². The molecule has 66 valence electrons. The maximum absolute atomic E-state index is 8.58. The number of rotatable bonds is 3. The van der Waals surface area contributed by atoms with Crippen molar-refractivity contribution in [3.05, 3.63) is 25.7 Å². The van der Waals surface area contributed by atoms with Crippen molar-refractivity contribution in [1.29, 1.82) is 0 Å². The van der Waals surface area contributed by atoms with E-state index in [2.05, 4.69) is 17.9 Å². The average Bonchev–Trinajstić information content (AvgIpc) is 1.90. The van der Waals surface area contributed by atoms with E-state index in [0.717, 1.165) is 0 Å². The van der Waals surface area contributed by atoms with Gasteiger partial charge in [0.25, 0.3) is 0 Å². The summed E-state index contributed by atoms with van der Waals surface area (Å²) in [6.07, 6.45) is 2.62. The van der Waals surface area contributed by atoms with Gasteiger partial charge in [-0.3, -0.25) is 0 Å². The van der Waals surface area contributed by atoms with Crippen LogP contribution in [0, 0.1) is 0 Å². The zero-order chi connectivity index (χ0) is 9.33. The molecular weight excluding hydrogens is 144 g/mol. The summed E-state index contributed by atoms with van der Waals surface area (Å²) in [4.78, 5) is 0. The Labute approximate surface area is 67.6 Å². The van der Waals surface area contributed by atoms with Gasteiger partial charge in [-0.05, 0) is 13.8 Å². The molecule has 2 N–H and O–H groups in total. The van der Waals surface area contributed by atoms with E-state index in [9.17, 15) is 0 Å². The second-order valence-electron chi connectivity index (χ2n) is 2.44. The van der Waals surface area contributed by atoms with Crippen molar-refractivity contribution in [3.8, 4) is 0 Å². The van der Waals surface area contributed by atoms with Crippen LogP contribution in [-0.2, 0) is 4.74 Å². The van der Waals surface area contributed by atoms with Gasteiger partial charge in [-0.15, -0.1) is 0 Å². The van der Waals surface area contributed by atoms with Gasteiger partial charge in [-0.25, -0.2) is 0 Å². The first kappa shape index (κ1) is 12.8. The van der Waals surface area contributed by atoms with Crippen molar-refractivity contribution in [2.75, 3.05) is 6.61 Å². The molecule has 0 rings (SSSR count). The lowest BCUT2D eigenvalue weighted by Gasteiger charge is -2.10. The fourth-order valence-corrected chi connectivity index (χ4v) is 0.0680. The average molecular weight is 160 g/mol. The third-order valence-corrected chi connectivity index (χ3v) is 0.579. The van der Waals surface area contributed by atoms with E-state index in [1.54, 1.807) is 13.8 Å². The summed E-state index contributed by atoms with van der Waals surface area (Å²) in [6.45, 7) is 9.44. The molecule has 0 saturated heterocycles. The summed E-state index contributed by atoms with van der Waals surface area (Å²) in [5, 5.41) is 16.7. The molecule has 11 heavy (non-hydrogen) atoms. The van der Waals surface area contributed by atoms with Gasteiger partial charge in [-0.2, -0.15) is 0 Å². The van der Waals surface area contributed by atoms with Crippen LogP contribution in [0.4, 0.5) is 0 Å². The van der Waals surface area contributed by atoms with E-state index < -0.39 is 5.60 Å². The molecule has 0 spiro atoms. The van der Waals surface area contributed by atoms with Gasteiger partial charge in [0, 0.05) is 0 Å². The van der Waals surface area contributed by atoms with Gasteiger partial charge < -0.3 is 14.9 Å². The number of hydrogen-bond donors (Lipinski definition) is 2. The third-order valence-electron chi connectivity index (χ3n) is 0.579. The standard InChI is InChI=1S/C4H10O2.C4H6O/c1-4(2,6)3-5;1-3-5-4-2/h5-6H,3H2,1-2H3;3-4H,1-2H2. The lowest BCUT2D eigenvalue weighted by molar-refractivity contribution is 0.0183.